The summed E-state index contributed by atoms with van der Waals surface area (Å²) in [5.74, 6) is -0.215. The number of esters is 1. The van der Waals surface area contributed by atoms with Crippen LogP contribution in [0.3, 0.4) is 0 Å². The van der Waals surface area contributed by atoms with Crippen molar-refractivity contribution in [3.05, 3.63) is 70.8 Å². The van der Waals surface area contributed by atoms with Crippen molar-refractivity contribution in [2.24, 2.45) is 11.5 Å². The highest BCUT2D eigenvalue weighted by Gasteiger charge is 2.18. The molecule has 0 aromatic heterocycles. The fourth-order valence-corrected chi connectivity index (χ4v) is 2.96. The van der Waals surface area contributed by atoms with E-state index in [4.69, 9.17) is 27.0 Å². The van der Waals surface area contributed by atoms with Crippen LogP contribution in [0.25, 0.3) is 0 Å². The van der Waals surface area contributed by atoms with Crippen molar-refractivity contribution in [1.82, 2.24) is 0 Å². The molecule has 0 bridgehead atoms. The third-order valence-corrected chi connectivity index (χ3v) is 4.43. The summed E-state index contributed by atoms with van der Waals surface area (Å²) < 4.78 is 5.12. The Morgan fingerprint density at radius 2 is 1.70 bits per heavy atom. The van der Waals surface area contributed by atoms with Gasteiger partial charge in [0.1, 0.15) is 11.7 Å². The van der Waals surface area contributed by atoms with Gasteiger partial charge in [0.25, 0.3) is 0 Å². The average molecular weight is 366 g/mol. The molecule has 0 saturated carbocycles. The zero-order chi connectivity index (χ0) is 19.8. The number of ether oxygens (including phenoxy) is 1. The molecule has 0 aliphatic heterocycles. The predicted molar refractivity (Wildman–Crippen MR) is 107 cm³/mol. The molecule has 142 valence electrons. The highest BCUT2D eigenvalue weighted by Crippen LogP contribution is 2.27. The number of nitrogen functional groups attached to an aromatic ring is 2. The van der Waals surface area contributed by atoms with E-state index in [-0.39, 0.29) is 30.0 Å². The van der Waals surface area contributed by atoms with Crippen LogP contribution >= 0.6 is 0 Å². The summed E-state index contributed by atoms with van der Waals surface area (Å²) in [5.41, 5.74) is 14.5. The molecule has 1 atom stereocenters. The minimum Gasteiger partial charge on any atom is -0.466 e. The van der Waals surface area contributed by atoms with Gasteiger partial charge in [-0.3, -0.25) is 15.6 Å². The first-order valence-corrected chi connectivity index (χ1v) is 8.94. The first kappa shape index (κ1) is 20.2. The van der Waals surface area contributed by atoms with Crippen molar-refractivity contribution >= 4 is 17.6 Å². The van der Waals surface area contributed by atoms with Crippen LogP contribution in [-0.4, -0.2) is 24.2 Å². The molecule has 0 fully saturated rings. The second kappa shape index (κ2) is 9.52. The summed E-state index contributed by atoms with van der Waals surface area (Å²) in [5, 5.41) is 15.1. The van der Waals surface area contributed by atoms with Crippen LogP contribution in [0.4, 0.5) is 0 Å². The zero-order valence-corrected chi connectivity index (χ0v) is 15.5. The fraction of sp³-hybridized carbons (Fsp3) is 0.286. The molecule has 0 aliphatic rings. The smallest absolute Gasteiger partial charge is 0.306 e. The average Bonchev–Trinajstić information content (AvgIpc) is 2.65. The van der Waals surface area contributed by atoms with Gasteiger partial charge in [0.2, 0.25) is 0 Å². The van der Waals surface area contributed by atoms with Gasteiger partial charge in [-0.2, -0.15) is 0 Å². The van der Waals surface area contributed by atoms with E-state index in [0.29, 0.717) is 17.7 Å². The molecule has 6 N–H and O–H groups in total. The number of aryl methyl sites for hydroxylation is 1. The van der Waals surface area contributed by atoms with Gasteiger partial charge in [-0.05, 0) is 42.9 Å². The highest BCUT2D eigenvalue weighted by atomic mass is 16.5. The summed E-state index contributed by atoms with van der Waals surface area (Å²) in [7, 11) is 0. The molecule has 0 aliphatic carbocycles. The SMILES string of the molecule is CCOC(=O)C[C@@H](CCc1ccc(C(=N)N)cc1)c1cccc(C(=N)N)c1. The van der Waals surface area contributed by atoms with Gasteiger partial charge in [0, 0.05) is 11.1 Å². The number of amidine groups is 2. The van der Waals surface area contributed by atoms with E-state index >= 15 is 0 Å². The number of hydrogen-bond acceptors (Lipinski definition) is 4. The second-order valence-corrected chi connectivity index (χ2v) is 6.39. The molecule has 2 rings (SSSR count). The Labute approximate surface area is 159 Å². The van der Waals surface area contributed by atoms with Crippen LogP contribution in [0.1, 0.15) is 47.9 Å². The molecule has 27 heavy (non-hydrogen) atoms. The third kappa shape index (κ3) is 5.95. The number of carbonyl (C=O) groups is 1. The van der Waals surface area contributed by atoms with E-state index in [0.717, 1.165) is 24.0 Å². The topological polar surface area (TPSA) is 126 Å². The molecular formula is C21H26N4O2. The number of nitrogens with two attached hydrogens (primary N) is 2. The van der Waals surface area contributed by atoms with Gasteiger partial charge >= 0.3 is 5.97 Å². The lowest BCUT2D eigenvalue weighted by atomic mass is 9.88. The number of nitrogens with one attached hydrogen (secondary N) is 2. The van der Waals surface area contributed by atoms with Gasteiger partial charge in [-0.25, -0.2) is 0 Å². The van der Waals surface area contributed by atoms with E-state index in [9.17, 15) is 4.79 Å². The number of rotatable bonds is 9. The Kier molecular flexibility index (Phi) is 7.11. The normalized spacial score (nSPS) is 11.6. The van der Waals surface area contributed by atoms with Gasteiger partial charge in [-0.1, -0.05) is 42.5 Å². The summed E-state index contributed by atoms with van der Waals surface area (Å²) in [6, 6.07) is 15.0. The monoisotopic (exact) mass is 366 g/mol. The Balaban J connectivity index is 2.16. The molecule has 2 aromatic rings. The lowest BCUT2D eigenvalue weighted by molar-refractivity contribution is -0.143. The molecule has 0 unspecified atom stereocenters. The van der Waals surface area contributed by atoms with Gasteiger partial charge in [-0.15, -0.1) is 0 Å². The molecule has 6 nitrogen and oxygen atoms in total. The number of hydrogen-bond donors (Lipinski definition) is 4. The minimum atomic E-state index is -0.234. The minimum absolute atomic E-state index is 0.00607. The number of benzene rings is 2. The maximum Gasteiger partial charge on any atom is 0.306 e. The van der Waals surface area contributed by atoms with Crippen LogP contribution in [0.5, 0.6) is 0 Å². The summed E-state index contributed by atoms with van der Waals surface area (Å²) >= 11 is 0. The van der Waals surface area contributed by atoms with Gasteiger partial charge in [0.15, 0.2) is 0 Å². The van der Waals surface area contributed by atoms with Gasteiger partial charge < -0.3 is 16.2 Å². The van der Waals surface area contributed by atoms with Crippen LogP contribution < -0.4 is 11.5 Å². The first-order chi connectivity index (χ1) is 12.9. The summed E-state index contributed by atoms with van der Waals surface area (Å²) in [6.45, 7) is 2.14. The van der Waals surface area contributed by atoms with Crippen LogP contribution in [0.15, 0.2) is 48.5 Å². The first-order valence-electron chi connectivity index (χ1n) is 8.94. The molecule has 0 spiro atoms. The zero-order valence-electron chi connectivity index (χ0n) is 15.5. The maximum atomic E-state index is 12.0. The van der Waals surface area contributed by atoms with E-state index in [2.05, 4.69) is 0 Å². The third-order valence-electron chi connectivity index (χ3n) is 4.43. The van der Waals surface area contributed by atoms with Crippen LogP contribution in [-0.2, 0) is 16.0 Å². The van der Waals surface area contributed by atoms with E-state index < -0.39 is 0 Å². The highest BCUT2D eigenvalue weighted by molar-refractivity contribution is 5.95. The van der Waals surface area contributed by atoms with Gasteiger partial charge in [0.05, 0.1) is 13.0 Å². The fourth-order valence-electron chi connectivity index (χ4n) is 2.96. The van der Waals surface area contributed by atoms with Crippen molar-refractivity contribution in [2.75, 3.05) is 6.61 Å². The Hall–Kier alpha value is -3.15. The van der Waals surface area contributed by atoms with E-state index in [1.165, 1.54) is 0 Å². The van der Waals surface area contributed by atoms with Crippen molar-refractivity contribution < 1.29 is 9.53 Å². The quantitative estimate of drug-likeness (QED) is 0.309. The van der Waals surface area contributed by atoms with Crippen molar-refractivity contribution in [2.45, 2.75) is 32.1 Å². The standard InChI is InChI=1S/C21H26N4O2/c1-2-27-19(26)13-17(16-4-3-5-18(12-16)21(24)25)11-8-14-6-9-15(10-7-14)20(22)23/h3-7,9-10,12,17H,2,8,11,13H2,1H3,(H3,22,23)(H3,24,25)/t17-/m1/s1. The van der Waals surface area contributed by atoms with E-state index in [1.54, 1.807) is 13.0 Å². The van der Waals surface area contributed by atoms with E-state index in [1.807, 2.05) is 42.5 Å². The molecule has 6 heteroatoms. The molecule has 2 aromatic carbocycles. The number of carbonyl (C=O) groups excluding carboxylic acids is 1. The van der Waals surface area contributed by atoms with Crippen LogP contribution in [0, 0.1) is 10.8 Å². The van der Waals surface area contributed by atoms with Crippen molar-refractivity contribution in [3.8, 4) is 0 Å². The molecular weight excluding hydrogens is 340 g/mol. The molecule has 0 heterocycles. The molecule has 0 saturated heterocycles. The lowest BCUT2D eigenvalue weighted by Gasteiger charge is -2.18. The van der Waals surface area contributed by atoms with Crippen LogP contribution in [0.2, 0.25) is 0 Å². The predicted octanol–water partition coefficient (Wildman–Crippen LogP) is 2.92. The van der Waals surface area contributed by atoms with Crippen molar-refractivity contribution in [3.63, 3.8) is 0 Å². The lowest BCUT2D eigenvalue weighted by Crippen LogP contribution is -2.14. The maximum absolute atomic E-state index is 12.0. The second-order valence-electron chi connectivity index (χ2n) is 6.39. The Morgan fingerprint density at radius 1 is 1.04 bits per heavy atom. The molecule has 0 radical (unpaired) electrons. The van der Waals surface area contributed by atoms with Crippen molar-refractivity contribution in [1.29, 1.82) is 10.8 Å². The largest absolute Gasteiger partial charge is 0.466 e. The summed E-state index contributed by atoms with van der Waals surface area (Å²) in [6.07, 6.45) is 1.80. The Bertz CT molecular complexity index is 815. The molecule has 0 amide bonds. The Morgan fingerprint density at radius 3 is 2.30 bits per heavy atom. The summed E-state index contributed by atoms with van der Waals surface area (Å²) in [4.78, 5) is 12.0.